The van der Waals surface area contributed by atoms with Crippen molar-refractivity contribution >= 4 is 23.2 Å². The number of hydrogen-bond donors (Lipinski definition) is 2. The summed E-state index contributed by atoms with van der Waals surface area (Å²) in [6.45, 7) is 0. The van der Waals surface area contributed by atoms with Gasteiger partial charge in [-0.2, -0.15) is 0 Å². The summed E-state index contributed by atoms with van der Waals surface area (Å²) in [5.74, 6) is 0.343. The summed E-state index contributed by atoms with van der Waals surface area (Å²) in [7, 11) is 0. The van der Waals surface area contributed by atoms with Crippen LogP contribution < -0.4 is 0 Å². The third-order valence-corrected chi connectivity index (χ3v) is 4.79. The SMILES string of the molecule is OC1CC(c2ccc(Cl)c(Cl)c2)(C(O)c2ncccn2)C1. The van der Waals surface area contributed by atoms with E-state index < -0.39 is 17.6 Å². The van der Waals surface area contributed by atoms with Crippen LogP contribution in [0, 0.1) is 0 Å². The normalized spacial score (nSPS) is 26.2. The number of aromatic nitrogens is 2. The second-order valence-corrected chi connectivity index (χ2v) is 6.17. The van der Waals surface area contributed by atoms with Gasteiger partial charge in [-0.25, -0.2) is 9.97 Å². The molecule has 1 heterocycles. The molecule has 2 N–H and O–H groups in total. The zero-order chi connectivity index (χ0) is 15.0. The van der Waals surface area contributed by atoms with Crippen molar-refractivity contribution in [3.05, 3.63) is 58.1 Å². The van der Waals surface area contributed by atoms with Crippen LogP contribution in [0.2, 0.25) is 10.0 Å². The quantitative estimate of drug-likeness (QED) is 0.911. The van der Waals surface area contributed by atoms with Crippen LogP contribution in [-0.4, -0.2) is 26.3 Å². The van der Waals surface area contributed by atoms with Crippen molar-refractivity contribution in [1.82, 2.24) is 9.97 Å². The Hall–Kier alpha value is -1.20. The van der Waals surface area contributed by atoms with Gasteiger partial charge >= 0.3 is 0 Å². The monoisotopic (exact) mass is 324 g/mol. The van der Waals surface area contributed by atoms with E-state index in [-0.39, 0.29) is 0 Å². The second-order valence-electron chi connectivity index (χ2n) is 5.36. The lowest BCUT2D eigenvalue weighted by atomic mass is 9.59. The molecule has 1 fully saturated rings. The maximum absolute atomic E-state index is 10.7. The molecule has 2 aromatic rings. The fourth-order valence-electron chi connectivity index (χ4n) is 2.90. The minimum atomic E-state index is -0.903. The maximum Gasteiger partial charge on any atom is 0.157 e. The van der Waals surface area contributed by atoms with Crippen molar-refractivity contribution in [1.29, 1.82) is 0 Å². The van der Waals surface area contributed by atoms with Gasteiger partial charge in [0.1, 0.15) is 6.10 Å². The molecule has 3 rings (SSSR count). The first-order valence-electron chi connectivity index (χ1n) is 6.61. The molecule has 1 aliphatic rings. The average molecular weight is 325 g/mol. The van der Waals surface area contributed by atoms with Gasteiger partial charge in [-0.05, 0) is 36.6 Å². The molecule has 110 valence electrons. The van der Waals surface area contributed by atoms with Crippen LogP contribution >= 0.6 is 23.2 Å². The van der Waals surface area contributed by atoms with Crippen LogP contribution in [0.1, 0.15) is 30.3 Å². The van der Waals surface area contributed by atoms with Crippen LogP contribution in [0.15, 0.2) is 36.7 Å². The van der Waals surface area contributed by atoms with Crippen molar-refractivity contribution in [3.63, 3.8) is 0 Å². The van der Waals surface area contributed by atoms with Crippen molar-refractivity contribution in [2.24, 2.45) is 0 Å². The van der Waals surface area contributed by atoms with Gasteiger partial charge in [0.15, 0.2) is 5.82 Å². The highest BCUT2D eigenvalue weighted by molar-refractivity contribution is 6.42. The first kappa shape index (κ1) is 14.7. The number of rotatable bonds is 3. The first-order chi connectivity index (χ1) is 10.0. The highest BCUT2D eigenvalue weighted by Crippen LogP contribution is 2.52. The highest BCUT2D eigenvalue weighted by Gasteiger charge is 2.51. The Kier molecular flexibility index (Phi) is 3.88. The number of nitrogens with zero attached hydrogens (tertiary/aromatic N) is 2. The van der Waals surface area contributed by atoms with Crippen molar-refractivity contribution in [2.75, 3.05) is 0 Å². The Morgan fingerprint density at radius 3 is 2.38 bits per heavy atom. The summed E-state index contributed by atoms with van der Waals surface area (Å²) in [6, 6.07) is 6.95. The molecule has 6 heteroatoms. The minimum absolute atomic E-state index is 0.343. The van der Waals surface area contributed by atoms with Crippen molar-refractivity contribution in [3.8, 4) is 0 Å². The molecular weight excluding hydrogens is 311 g/mol. The van der Waals surface area contributed by atoms with E-state index >= 15 is 0 Å². The Morgan fingerprint density at radius 2 is 1.81 bits per heavy atom. The maximum atomic E-state index is 10.7. The van der Waals surface area contributed by atoms with E-state index in [1.807, 2.05) is 6.07 Å². The van der Waals surface area contributed by atoms with Crippen LogP contribution in [0.25, 0.3) is 0 Å². The van der Waals surface area contributed by atoms with Crippen LogP contribution in [0.5, 0.6) is 0 Å². The molecule has 1 aromatic heterocycles. The molecule has 1 aliphatic carbocycles. The van der Waals surface area contributed by atoms with Crippen molar-refractivity contribution in [2.45, 2.75) is 30.5 Å². The molecule has 0 aliphatic heterocycles. The Labute approximate surface area is 132 Å². The van der Waals surface area contributed by atoms with Gasteiger partial charge in [0.2, 0.25) is 0 Å². The van der Waals surface area contributed by atoms with E-state index in [0.29, 0.717) is 28.7 Å². The molecule has 1 atom stereocenters. The largest absolute Gasteiger partial charge is 0.393 e. The predicted molar refractivity (Wildman–Crippen MR) is 80.4 cm³/mol. The van der Waals surface area contributed by atoms with Crippen molar-refractivity contribution < 1.29 is 10.2 Å². The van der Waals surface area contributed by atoms with Crippen LogP contribution in [0.3, 0.4) is 0 Å². The topological polar surface area (TPSA) is 66.2 Å². The fraction of sp³-hybridized carbons (Fsp3) is 0.333. The van der Waals surface area contributed by atoms with E-state index in [4.69, 9.17) is 23.2 Å². The number of aliphatic hydroxyl groups excluding tert-OH is 2. The van der Waals surface area contributed by atoms with E-state index in [9.17, 15) is 10.2 Å². The summed E-state index contributed by atoms with van der Waals surface area (Å²) < 4.78 is 0. The van der Waals surface area contributed by atoms with Gasteiger partial charge < -0.3 is 10.2 Å². The molecular formula is C15H14Cl2N2O2. The van der Waals surface area contributed by atoms with E-state index in [1.54, 1.807) is 30.6 Å². The number of hydrogen-bond acceptors (Lipinski definition) is 4. The number of halogens is 2. The molecule has 0 spiro atoms. The lowest BCUT2D eigenvalue weighted by Crippen LogP contribution is -2.49. The third kappa shape index (κ3) is 2.53. The zero-order valence-corrected chi connectivity index (χ0v) is 12.6. The molecule has 0 saturated heterocycles. The van der Waals surface area contributed by atoms with Gasteiger partial charge in [-0.1, -0.05) is 29.3 Å². The molecule has 4 nitrogen and oxygen atoms in total. The Morgan fingerprint density at radius 1 is 1.14 bits per heavy atom. The predicted octanol–water partition coefficient (Wildman–Crippen LogP) is 2.91. The smallest absolute Gasteiger partial charge is 0.157 e. The molecule has 21 heavy (non-hydrogen) atoms. The Bertz CT molecular complexity index is 645. The second kappa shape index (κ2) is 5.54. The van der Waals surface area contributed by atoms with Gasteiger partial charge in [0, 0.05) is 17.8 Å². The van der Waals surface area contributed by atoms with Gasteiger partial charge in [0.25, 0.3) is 0 Å². The fourth-order valence-corrected chi connectivity index (χ4v) is 3.20. The lowest BCUT2D eigenvalue weighted by molar-refractivity contribution is -0.0607. The highest BCUT2D eigenvalue weighted by atomic mass is 35.5. The van der Waals surface area contributed by atoms with Gasteiger partial charge in [-0.15, -0.1) is 0 Å². The van der Waals surface area contributed by atoms with Crippen LogP contribution in [0.4, 0.5) is 0 Å². The van der Waals surface area contributed by atoms with E-state index in [2.05, 4.69) is 9.97 Å². The average Bonchev–Trinajstić information content (AvgIpc) is 2.47. The summed E-state index contributed by atoms with van der Waals surface area (Å²) in [6.07, 6.45) is 2.69. The van der Waals surface area contributed by atoms with E-state index in [1.165, 1.54) is 0 Å². The molecule has 1 unspecified atom stereocenters. The molecule has 1 aromatic carbocycles. The van der Waals surface area contributed by atoms with Crippen LogP contribution in [-0.2, 0) is 5.41 Å². The third-order valence-electron chi connectivity index (χ3n) is 4.05. The molecule has 0 bridgehead atoms. The summed E-state index contributed by atoms with van der Waals surface area (Å²) in [5, 5.41) is 21.3. The minimum Gasteiger partial charge on any atom is -0.393 e. The zero-order valence-electron chi connectivity index (χ0n) is 11.1. The Balaban J connectivity index is 2.02. The molecule has 0 amide bonds. The molecule has 1 saturated carbocycles. The van der Waals surface area contributed by atoms with Gasteiger partial charge in [0.05, 0.1) is 16.1 Å². The van der Waals surface area contributed by atoms with E-state index in [0.717, 1.165) is 5.56 Å². The van der Waals surface area contributed by atoms with Gasteiger partial charge in [-0.3, -0.25) is 0 Å². The first-order valence-corrected chi connectivity index (χ1v) is 7.37. The standard InChI is InChI=1S/C15H14Cl2N2O2/c16-11-3-2-9(6-12(11)17)15(7-10(20)8-15)13(21)14-18-4-1-5-19-14/h1-6,10,13,20-21H,7-8H2. The molecule has 0 radical (unpaired) electrons. The number of benzene rings is 1. The summed E-state index contributed by atoms with van der Waals surface area (Å²) >= 11 is 12.0. The summed E-state index contributed by atoms with van der Waals surface area (Å²) in [4.78, 5) is 8.23. The summed E-state index contributed by atoms with van der Waals surface area (Å²) in [5.41, 5.74) is 0.205. The number of aliphatic hydroxyl groups is 2. The lowest BCUT2D eigenvalue weighted by Gasteiger charge is -2.48.